The summed E-state index contributed by atoms with van der Waals surface area (Å²) in [5.41, 5.74) is 0. The van der Waals surface area contributed by atoms with Gasteiger partial charge in [-0.15, -0.1) is 0 Å². The van der Waals surface area contributed by atoms with Gasteiger partial charge >= 0.3 is 160 Å². The minimum absolute atomic E-state index is 0. The SMILES string of the molecule is O=P([O-])([O-])OP(=O)([O-])[O-].[Li+].[Mg+2].[Na+].[Na+].[Na+].[Na+]. The van der Waals surface area contributed by atoms with Gasteiger partial charge in [-0.3, -0.25) is 0 Å². The molecule has 0 aliphatic heterocycles. The van der Waals surface area contributed by atoms with Gasteiger partial charge in [0.2, 0.25) is 0 Å². The van der Waals surface area contributed by atoms with Crippen LogP contribution < -0.4 is 157 Å². The molecule has 0 aromatic carbocycles. The molecule has 0 saturated heterocycles. The van der Waals surface area contributed by atoms with Gasteiger partial charge in [0.25, 0.3) is 0 Å². The van der Waals surface area contributed by atoms with Crippen molar-refractivity contribution in [3.8, 4) is 0 Å². The van der Waals surface area contributed by atoms with Crippen LogP contribution in [0.1, 0.15) is 0 Å². The summed E-state index contributed by atoms with van der Waals surface area (Å²) in [7, 11) is -11.4. The van der Waals surface area contributed by atoms with Gasteiger partial charge in [0.15, 0.2) is 0 Å². The second-order valence-electron chi connectivity index (χ2n) is 0.976. The summed E-state index contributed by atoms with van der Waals surface area (Å²) in [5.74, 6) is 0. The summed E-state index contributed by atoms with van der Waals surface area (Å²) in [6.07, 6.45) is 0. The van der Waals surface area contributed by atoms with E-state index in [0.29, 0.717) is 0 Å². The molecule has 0 atom stereocenters. The predicted octanol–water partition coefficient (Wildman–Crippen LogP) is -18.7. The molecule has 0 fully saturated rings. The van der Waals surface area contributed by atoms with Gasteiger partial charge in [0, 0.05) is 0 Å². The van der Waals surface area contributed by atoms with Crippen LogP contribution in [0.5, 0.6) is 0 Å². The molecule has 0 spiro atoms. The van der Waals surface area contributed by atoms with E-state index < -0.39 is 15.6 Å². The quantitative estimate of drug-likeness (QED) is 0.364. The summed E-state index contributed by atoms with van der Waals surface area (Å²) in [6, 6.07) is 0. The van der Waals surface area contributed by atoms with Crippen LogP contribution in [0.3, 0.4) is 0 Å². The summed E-state index contributed by atoms with van der Waals surface area (Å²) >= 11 is 0. The van der Waals surface area contributed by atoms with Crippen molar-refractivity contribution in [1.82, 2.24) is 0 Å². The van der Waals surface area contributed by atoms with E-state index in [1.807, 2.05) is 0 Å². The maximum atomic E-state index is 9.32. The fourth-order valence-corrected chi connectivity index (χ4v) is 1.10. The fourth-order valence-electron chi connectivity index (χ4n) is 0.122. The first-order valence-electron chi connectivity index (χ1n) is 1.46. The Labute approximate surface area is 204 Å². The molecule has 15 heavy (non-hydrogen) atoms. The first kappa shape index (κ1) is 42.8. The molecular formula is LiMgNa4O7P2+3. The smallest absolute Gasteiger partial charge is 0.790 e. The Morgan fingerprint density at radius 1 is 0.733 bits per heavy atom. The molecule has 0 unspecified atom stereocenters. The molecule has 0 aromatic rings. The van der Waals surface area contributed by atoms with E-state index in [9.17, 15) is 28.7 Å². The van der Waals surface area contributed by atoms with Crippen molar-refractivity contribution in [2.75, 3.05) is 0 Å². The zero-order chi connectivity index (χ0) is 7.71. The molecular weight excluding hydrogens is 297 g/mol. The van der Waals surface area contributed by atoms with Crippen LogP contribution in [0.15, 0.2) is 0 Å². The Balaban J connectivity index is -0.0000000213. The van der Waals surface area contributed by atoms with Crippen LogP contribution in [0.4, 0.5) is 0 Å². The molecule has 0 heterocycles. The second kappa shape index (κ2) is 19.6. The first-order chi connectivity index (χ1) is 3.71. The predicted molar refractivity (Wildman–Crippen MR) is 22.1 cm³/mol. The summed E-state index contributed by atoms with van der Waals surface area (Å²) in [6.45, 7) is 0. The third kappa shape index (κ3) is 45.1. The van der Waals surface area contributed by atoms with Gasteiger partial charge < -0.3 is 33.0 Å². The summed E-state index contributed by atoms with van der Waals surface area (Å²) in [5, 5.41) is 0. The largest absolute Gasteiger partial charge is 2.00 e. The van der Waals surface area contributed by atoms with Crippen molar-refractivity contribution in [3.63, 3.8) is 0 Å². The number of phosphoric acid groups is 2. The maximum Gasteiger partial charge on any atom is 2.00 e. The Bertz CT molecular complexity index is 169. The van der Waals surface area contributed by atoms with Crippen LogP contribution in [0.2, 0.25) is 0 Å². The summed E-state index contributed by atoms with van der Waals surface area (Å²) < 4.78 is 21.2. The van der Waals surface area contributed by atoms with Crippen LogP contribution in [0.25, 0.3) is 0 Å². The third-order valence-corrected chi connectivity index (χ3v) is 1.80. The van der Waals surface area contributed by atoms with Crippen LogP contribution in [-0.2, 0) is 13.4 Å². The monoisotopic (exact) mass is 297 g/mol. The van der Waals surface area contributed by atoms with Gasteiger partial charge in [-0.1, -0.05) is 0 Å². The molecule has 15 heteroatoms. The Morgan fingerprint density at radius 2 is 0.867 bits per heavy atom. The van der Waals surface area contributed by atoms with Crippen molar-refractivity contribution in [3.05, 3.63) is 0 Å². The molecule has 0 aliphatic carbocycles. The standard InChI is InChI=1S/Li.Mg.4Na.H4O7P2/c;;;;;;1-8(2,3)7-9(4,5)6/h;;;;;;(H2,1,2,3)(H2,4,5,6)/q+1;+2;4*+1;/p-4. The average Bonchev–Trinajstić information content (AvgIpc) is 1.14. The average molecular weight is 297 g/mol. The molecule has 0 bridgehead atoms. The molecule has 0 N–H and O–H groups in total. The molecule has 0 aromatic heterocycles. The zero-order valence-corrected chi connectivity index (χ0v) is 20.7. The normalized spacial score (nSPS) is 8.27. The van der Waals surface area contributed by atoms with Crippen molar-refractivity contribution < 1.29 is 170 Å². The van der Waals surface area contributed by atoms with Gasteiger partial charge in [0.1, 0.15) is 0 Å². The van der Waals surface area contributed by atoms with E-state index in [1.165, 1.54) is 0 Å². The fraction of sp³-hybridized carbons (Fsp3) is 0. The molecule has 0 rings (SSSR count). The number of rotatable bonds is 2. The van der Waals surface area contributed by atoms with Gasteiger partial charge in [-0.05, 0) is 0 Å². The molecule has 0 amide bonds. The number of hydrogen-bond donors (Lipinski definition) is 0. The van der Waals surface area contributed by atoms with Crippen molar-refractivity contribution in [2.24, 2.45) is 0 Å². The summed E-state index contributed by atoms with van der Waals surface area (Å²) in [4.78, 5) is 37.3. The van der Waals surface area contributed by atoms with Crippen LogP contribution >= 0.6 is 15.6 Å². The van der Waals surface area contributed by atoms with E-state index in [1.54, 1.807) is 0 Å². The van der Waals surface area contributed by atoms with E-state index in [-0.39, 0.29) is 160 Å². The van der Waals surface area contributed by atoms with Crippen molar-refractivity contribution in [2.45, 2.75) is 0 Å². The Hall–Kier alpha value is 5.62. The Kier molecular flexibility index (Phi) is 56.0. The third-order valence-electron chi connectivity index (χ3n) is 0.200. The second-order valence-corrected chi connectivity index (χ2v) is 3.42. The maximum absolute atomic E-state index is 9.32. The minimum atomic E-state index is -5.68. The van der Waals surface area contributed by atoms with E-state index in [4.69, 9.17) is 0 Å². The Morgan fingerprint density at radius 3 is 0.867 bits per heavy atom. The van der Waals surface area contributed by atoms with E-state index >= 15 is 0 Å². The minimum Gasteiger partial charge on any atom is -0.790 e. The first-order valence-corrected chi connectivity index (χ1v) is 4.38. The molecule has 0 radical (unpaired) electrons. The molecule has 7 nitrogen and oxygen atoms in total. The topological polar surface area (TPSA) is 136 Å². The molecule has 0 saturated carbocycles. The zero-order valence-electron chi connectivity index (χ0n) is 9.46. The van der Waals surface area contributed by atoms with Gasteiger partial charge in [-0.25, -0.2) is 0 Å². The molecule has 56 valence electrons. The van der Waals surface area contributed by atoms with Gasteiger partial charge in [-0.2, -0.15) is 0 Å². The van der Waals surface area contributed by atoms with Crippen LogP contribution in [-0.4, -0.2) is 23.1 Å². The van der Waals surface area contributed by atoms with Crippen molar-refractivity contribution in [1.29, 1.82) is 0 Å². The van der Waals surface area contributed by atoms with E-state index in [2.05, 4.69) is 4.31 Å². The molecule has 0 aliphatic rings. The van der Waals surface area contributed by atoms with E-state index in [0.717, 1.165) is 0 Å². The van der Waals surface area contributed by atoms with Crippen molar-refractivity contribution >= 4 is 38.7 Å². The van der Waals surface area contributed by atoms with Crippen LogP contribution in [0, 0.1) is 0 Å². The van der Waals surface area contributed by atoms with Gasteiger partial charge in [0.05, 0.1) is 15.6 Å². The number of hydrogen-bond acceptors (Lipinski definition) is 7.